The summed E-state index contributed by atoms with van der Waals surface area (Å²) in [4.78, 5) is 12.5. The molecule has 0 atom stereocenters. The monoisotopic (exact) mass is 498 g/mol. The van der Waals surface area contributed by atoms with Gasteiger partial charge in [0.15, 0.2) is 0 Å². The van der Waals surface area contributed by atoms with Gasteiger partial charge in [-0.15, -0.1) is 13.2 Å². The molecular weight excluding hydrogens is 469 g/mol. The van der Waals surface area contributed by atoms with Crippen molar-refractivity contribution in [3.05, 3.63) is 34.9 Å². The zero-order valence-electron chi connectivity index (χ0n) is 18.9. The number of rotatable bonds is 7. The van der Waals surface area contributed by atoms with Crippen molar-refractivity contribution >= 4 is 5.97 Å². The van der Waals surface area contributed by atoms with Gasteiger partial charge in [0.25, 0.3) is 0 Å². The van der Waals surface area contributed by atoms with Gasteiger partial charge >= 0.3 is 18.4 Å². The molecule has 3 nitrogen and oxygen atoms in total. The van der Waals surface area contributed by atoms with E-state index in [2.05, 4.69) is 11.7 Å². The van der Waals surface area contributed by atoms with Crippen molar-refractivity contribution in [2.24, 2.45) is 11.8 Å². The highest BCUT2D eigenvalue weighted by Gasteiger charge is 2.49. The van der Waals surface area contributed by atoms with Gasteiger partial charge in [0, 0.05) is 0 Å². The van der Waals surface area contributed by atoms with E-state index in [0.717, 1.165) is 32.1 Å². The lowest BCUT2D eigenvalue weighted by Crippen LogP contribution is -2.30. The van der Waals surface area contributed by atoms with Gasteiger partial charge in [-0.25, -0.2) is 13.5 Å². The third-order valence-corrected chi connectivity index (χ3v) is 6.90. The Bertz CT molecular complexity index is 816. The van der Waals surface area contributed by atoms with Crippen LogP contribution in [0, 0.1) is 23.5 Å². The molecule has 0 heterocycles. The van der Waals surface area contributed by atoms with E-state index in [1.165, 1.54) is 6.42 Å². The molecule has 0 aliphatic heterocycles. The Labute approximate surface area is 194 Å². The number of esters is 1. The molecule has 2 fully saturated rings. The van der Waals surface area contributed by atoms with Crippen LogP contribution in [-0.4, -0.2) is 18.4 Å². The Morgan fingerprint density at radius 1 is 0.912 bits per heavy atom. The SMILES string of the molecule is CCCC1CCC(C(=O)OC2CCC(c3cc(F)c(C(F)(F)OC(F)(F)F)c(F)c3)CC2)CC1. The first-order valence-corrected chi connectivity index (χ1v) is 11.7. The summed E-state index contributed by atoms with van der Waals surface area (Å²) in [5, 5.41) is 0. The average Bonchev–Trinajstić information content (AvgIpc) is 2.72. The minimum absolute atomic E-state index is 0.0700. The summed E-state index contributed by atoms with van der Waals surface area (Å²) >= 11 is 0. The Morgan fingerprint density at radius 2 is 1.47 bits per heavy atom. The van der Waals surface area contributed by atoms with Gasteiger partial charge in [0.1, 0.15) is 23.3 Å². The molecular formula is C24H29F7O3. The summed E-state index contributed by atoms with van der Waals surface area (Å²) in [5.74, 6) is -3.67. The number of halogens is 7. The van der Waals surface area contributed by atoms with Gasteiger partial charge in [-0.2, -0.15) is 8.78 Å². The van der Waals surface area contributed by atoms with E-state index < -0.39 is 35.6 Å². The molecule has 0 N–H and O–H groups in total. The summed E-state index contributed by atoms with van der Waals surface area (Å²) in [6, 6.07) is 1.25. The molecule has 2 saturated carbocycles. The fraction of sp³-hybridized carbons (Fsp3) is 0.708. The van der Waals surface area contributed by atoms with Gasteiger partial charge in [0.05, 0.1) is 5.92 Å². The maximum absolute atomic E-state index is 14.2. The van der Waals surface area contributed by atoms with Crippen molar-refractivity contribution in [3.8, 4) is 0 Å². The molecule has 0 bridgehead atoms. The van der Waals surface area contributed by atoms with E-state index in [0.29, 0.717) is 43.7 Å². The highest BCUT2D eigenvalue weighted by Crippen LogP contribution is 2.42. The number of benzene rings is 1. The van der Waals surface area contributed by atoms with Crippen molar-refractivity contribution in [3.63, 3.8) is 0 Å². The standard InChI is InChI=1S/C24H29F7O3/c1-2-3-14-4-6-16(7-5-14)22(32)33-18-10-8-15(9-11-18)17-12-19(25)21(20(26)13-17)23(27,28)34-24(29,30)31/h12-16,18H,2-11H2,1H3. The summed E-state index contributed by atoms with van der Waals surface area (Å²) in [6.07, 6.45) is -3.66. The van der Waals surface area contributed by atoms with Crippen LogP contribution in [0.5, 0.6) is 0 Å². The van der Waals surface area contributed by atoms with Crippen molar-refractivity contribution in [2.75, 3.05) is 0 Å². The van der Waals surface area contributed by atoms with Crippen LogP contribution >= 0.6 is 0 Å². The zero-order valence-corrected chi connectivity index (χ0v) is 18.9. The Kier molecular flexibility index (Phi) is 8.52. The predicted molar refractivity (Wildman–Crippen MR) is 109 cm³/mol. The first-order chi connectivity index (χ1) is 15.9. The summed E-state index contributed by atoms with van der Waals surface area (Å²) in [7, 11) is 0. The molecule has 0 spiro atoms. The summed E-state index contributed by atoms with van der Waals surface area (Å²) in [5.41, 5.74) is -2.01. The molecule has 3 rings (SSSR count). The second-order valence-corrected chi connectivity index (χ2v) is 9.34. The van der Waals surface area contributed by atoms with Crippen molar-refractivity contribution < 1.29 is 45.0 Å². The molecule has 34 heavy (non-hydrogen) atoms. The third-order valence-electron chi connectivity index (χ3n) is 6.90. The van der Waals surface area contributed by atoms with E-state index in [-0.39, 0.29) is 23.6 Å². The van der Waals surface area contributed by atoms with Gasteiger partial charge in [-0.3, -0.25) is 4.79 Å². The predicted octanol–water partition coefficient (Wildman–Crippen LogP) is 7.73. The summed E-state index contributed by atoms with van der Waals surface area (Å²) in [6.45, 7) is 2.14. The van der Waals surface area contributed by atoms with Crippen molar-refractivity contribution in [1.29, 1.82) is 0 Å². The molecule has 2 aliphatic rings. The molecule has 1 aromatic rings. The number of alkyl halides is 5. The molecule has 192 valence electrons. The quantitative estimate of drug-likeness (QED) is 0.285. The van der Waals surface area contributed by atoms with Gasteiger partial charge in [-0.1, -0.05) is 19.8 Å². The molecule has 0 unspecified atom stereocenters. The lowest BCUT2D eigenvalue weighted by molar-refractivity contribution is -0.432. The maximum Gasteiger partial charge on any atom is 0.527 e. The second-order valence-electron chi connectivity index (χ2n) is 9.34. The van der Waals surface area contributed by atoms with Crippen LogP contribution in [0.4, 0.5) is 30.7 Å². The first-order valence-electron chi connectivity index (χ1n) is 11.7. The zero-order chi connectivity index (χ0) is 25.1. The van der Waals surface area contributed by atoms with Gasteiger partial charge in [0.2, 0.25) is 0 Å². The fourth-order valence-corrected chi connectivity index (χ4v) is 5.17. The van der Waals surface area contributed by atoms with E-state index in [1.807, 2.05) is 0 Å². The van der Waals surface area contributed by atoms with Crippen molar-refractivity contribution in [1.82, 2.24) is 0 Å². The number of hydrogen-bond donors (Lipinski definition) is 0. The van der Waals surface area contributed by atoms with Crippen LogP contribution in [0.3, 0.4) is 0 Å². The van der Waals surface area contributed by atoms with E-state index in [4.69, 9.17) is 4.74 Å². The molecule has 0 saturated heterocycles. The average molecular weight is 498 g/mol. The topological polar surface area (TPSA) is 35.5 Å². The van der Waals surface area contributed by atoms with Crippen LogP contribution in [-0.2, 0) is 20.4 Å². The van der Waals surface area contributed by atoms with Crippen LogP contribution in [0.25, 0.3) is 0 Å². The number of hydrogen-bond acceptors (Lipinski definition) is 3. The van der Waals surface area contributed by atoms with Crippen LogP contribution < -0.4 is 0 Å². The van der Waals surface area contributed by atoms with Gasteiger partial charge < -0.3 is 4.74 Å². The van der Waals surface area contributed by atoms with E-state index in [1.54, 1.807) is 0 Å². The van der Waals surface area contributed by atoms with Gasteiger partial charge in [-0.05, 0) is 80.9 Å². The molecule has 2 aliphatic carbocycles. The van der Waals surface area contributed by atoms with Crippen LogP contribution in [0.15, 0.2) is 12.1 Å². The Hall–Kier alpha value is -1.84. The second kappa shape index (κ2) is 10.8. The lowest BCUT2D eigenvalue weighted by atomic mass is 9.80. The molecule has 1 aromatic carbocycles. The summed E-state index contributed by atoms with van der Waals surface area (Å²) < 4.78 is 101. The highest BCUT2D eigenvalue weighted by molar-refractivity contribution is 5.72. The third kappa shape index (κ3) is 6.86. The number of carbonyl (C=O) groups is 1. The minimum Gasteiger partial charge on any atom is -0.462 e. The molecule has 0 aromatic heterocycles. The Morgan fingerprint density at radius 3 is 1.97 bits per heavy atom. The molecule has 10 heteroatoms. The Balaban J connectivity index is 1.55. The smallest absolute Gasteiger partial charge is 0.462 e. The number of ether oxygens (including phenoxy) is 2. The van der Waals surface area contributed by atoms with E-state index >= 15 is 0 Å². The fourth-order valence-electron chi connectivity index (χ4n) is 5.17. The number of carbonyl (C=O) groups excluding carboxylic acids is 1. The maximum atomic E-state index is 14.2. The normalized spacial score (nSPS) is 26.4. The van der Waals surface area contributed by atoms with Crippen molar-refractivity contribution in [2.45, 2.75) is 95.6 Å². The molecule has 0 amide bonds. The molecule has 0 radical (unpaired) electrons. The first kappa shape index (κ1) is 26.8. The lowest BCUT2D eigenvalue weighted by Gasteiger charge is -2.32. The highest BCUT2D eigenvalue weighted by atomic mass is 19.4. The largest absolute Gasteiger partial charge is 0.527 e. The minimum atomic E-state index is -5.77. The van der Waals surface area contributed by atoms with Crippen LogP contribution in [0.1, 0.15) is 88.2 Å². The van der Waals surface area contributed by atoms with Crippen LogP contribution in [0.2, 0.25) is 0 Å². The van der Waals surface area contributed by atoms with E-state index in [9.17, 15) is 35.5 Å².